The highest BCUT2D eigenvalue weighted by Crippen LogP contribution is 2.27. The average Bonchev–Trinajstić information content (AvgIpc) is 3.18. The third-order valence-corrected chi connectivity index (χ3v) is 5.67. The highest BCUT2D eigenvalue weighted by molar-refractivity contribution is 6.33. The molecule has 11 nitrogen and oxygen atoms in total. The van der Waals surface area contributed by atoms with E-state index in [1.807, 2.05) is 36.5 Å². The van der Waals surface area contributed by atoms with Gasteiger partial charge in [-0.1, -0.05) is 11.6 Å². The number of aromatic nitrogens is 7. The van der Waals surface area contributed by atoms with Gasteiger partial charge in [0.2, 0.25) is 5.88 Å². The summed E-state index contributed by atoms with van der Waals surface area (Å²) in [6.07, 6.45) is 8.81. The maximum Gasteiger partial charge on any atom is 0.326 e. The molecule has 170 valence electrons. The first kappa shape index (κ1) is 20.2. The Morgan fingerprint density at radius 3 is 2.82 bits per heavy atom. The number of aromatic hydroxyl groups is 1. The number of fused-ring (bicyclic) bond motifs is 1. The fraction of sp³-hybridized carbons (Fsp3) is 0.136. The van der Waals surface area contributed by atoms with E-state index in [-0.39, 0.29) is 17.6 Å². The van der Waals surface area contributed by atoms with Gasteiger partial charge in [-0.25, -0.2) is 14.5 Å². The number of anilines is 2. The van der Waals surface area contributed by atoms with Crippen LogP contribution in [0.2, 0.25) is 5.02 Å². The van der Waals surface area contributed by atoms with E-state index in [0.717, 1.165) is 18.5 Å². The van der Waals surface area contributed by atoms with E-state index in [2.05, 4.69) is 25.5 Å². The van der Waals surface area contributed by atoms with Crippen LogP contribution in [0.25, 0.3) is 17.4 Å². The summed E-state index contributed by atoms with van der Waals surface area (Å²) in [5.74, 6) is 0.271. The zero-order valence-electron chi connectivity index (χ0n) is 17.6. The molecule has 0 amide bonds. The van der Waals surface area contributed by atoms with Crippen molar-refractivity contribution in [1.29, 1.82) is 0 Å². The maximum absolute atomic E-state index is 11.5. The van der Waals surface area contributed by atoms with Gasteiger partial charge in [-0.05, 0) is 43.2 Å². The van der Waals surface area contributed by atoms with Gasteiger partial charge in [-0.15, -0.1) is 0 Å². The molecule has 5 aromatic rings. The van der Waals surface area contributed by atoms with E-state index in [1.54, 1.807) is 27.7 Å². The molecular weight excluding hydrogens is 458 g/mol. The van der Waals surface area contributed by atoms with Crippen LogP contribution in [0, 0.1) is 0 Å². The molecule has 1 aromatic carbocycles. The van der Waals surface area contributed by atoms with Gasteiger partial charge in [-0.3, -0.25) is 9.98 Å². The smallest absolute Gasteiger partial charge is 0.326 e. The Labute approximate surface area is 196 Å². The van der Waals surface area contributed by atoms with Crippen molar-refractivity contribution in [1.82, 2.24) is 34.3 Å². The number of aromatic amines is 2. The summed E-state index contributed by atoms with van der Waals surface area (Å²) >= 11 is 6.54. The Morgan fingerprint density at radius 2 is 2.12 bits per heavy atom. The molecule has 6 rings (SSSR count). The summed E-state index contributed by atoms with van der Waals surface area (Å²) in [5.41, 5.74) is 2.39. The number of hydrogen-bond donors (Lipinski definition) is 4. The minimum absolute atomic E-state index is 0.234. The van der Waals surface area contributed by atoms with Crippen LogP contribution in [0.3, 0.4) is 0 Å². The minimum atomic E-state index is -0.506. The molecule has 12 heteroatoms. The lowest BCUT2D eigenvalue weighted by molar-refractivity contribution is 0.454. The third kappa shape index (κ3) is 3.82. The largest absolute Gasteiger partial charge is 0.493 e. The van der Waals surface area contributed by atoms with Crippen LogP contribution in [-0.2, 0) is 0 Å². The van der Waals surface area contributed by atoms with Gasteiger partial charge >= 0.3 is 5.69 Å². The van der Waals surface area contributed by atoms with Crippen molar-refractivity contribution in [2.75, 3.05) is 5.32 Å². The van der Waals surface area contributed by atoms with Gasteiger partial charge < -0.3 is 15.4 Å². The molecular formula is C22H18ClN9O2. The summed E-state index contributed by atoms with van der Waals surface area (Å²) in [5, 5.41) is 23.0. The highest BCUT2D eigenvalue weighted by atomic mass is 35.5. The molecule has 0 unspecified atom stereocenters. The van der Waals surface area contributed by atoms with Crippen LogP contribution >= 0.6 is 11.6 Å². The topological polar surface area (TPSA) is 141 Å². The molecule has 0 aliphatic heterocycles. The number of halogens is 1. The van der Waals surface area contributed by atoms with Crippen LogP contribution < -0.4 is 21.7 Å². The number of hydrogen-bond acceptors (Lipinski definition) is 7. The predicted octanol–water partition coefficient (Wildman–Crippen LogP) is 1.64. The molecule has 1 aliphatic rings. The standard InChI is InChI=1S/C22H18ClN9O2/c23-15-9-14(31-7-1-6-24-31)4-5-16(15)27-18-10-19(26-13-2-3-13)32-20(29-18)12(11-25-32)8-17-21(33)30-22(34)28-17/h1,4-11,13,27,33H,2-3H2,(H2,28,30,34)/b12-8+,26-19?. The predicted molar refractivity (Wildman–Crippen MR) is 125 cm³/mol. The first-order valence-corrected chi connectivity index (χ1v) is 10.9. The van der Waals surface area contributed by atoms with Crippen molar-refractivity contribution in [2.45, 2.75) is 18.9 Å². The second kappa shape index (κ2) is 7.89. The summed E-state index contributed by atoms with van der Waals surface area (Å²) in [4.78, 5) is 25.8. The second-order valence-corrected chi connectivity index (χ2v) is 8.33. The monoisotopic (exact) mass is 475 g/mol. The molecule has 1 fully saturated rings. The second-order valence-electron chi connectivity index (χ2n) is 7.92. The van der Waals surface area contributed by atoms with Crippen molar-refractivity contribution >= 4 is 34.8 Å². The molecule has 1 aliphatic carbocycles. The van der Waals surface area contributed by atoms with Crippen molar-refractivity contribution in [3.05, 3.63) is 80.8 Å². The zero-order valence-corrected chi connectivity index (χ0v) is 18.4. The minimum Gasteiger partial charge on any atom is -0.493 e. The van der Waals surface area contributed by atoms with Gasteiger partial charge in [0.1, 0.15) is 11.5 Å². The van der Waals surface area contributed by atoms with Crippen molar-refractivity contribution in [3.63, 3.8) is 0 Å². The van der Waals surface area contributed by atoms with Gasteiger partial charge in [0, 0.05) is 23.7 Å². The van der Waals surface area contributed by atoms with Crippen LogP contribution in [-0.4, -0.2) is 45.5 Å². The molecule has 34 heavy (non-hydrogen) atoms. The van der Waals surface area contributed by atoms with Crippen LogP contribution in [0.1, 0.15) is 18.5 Å². The Balaban J connectivity index is 1.45. The lowest BCUT2D eigenvalue weighted by atomic mass is 10.2. The number of rotatable bonds is 5. The first-order valence-electron chi connectivity index (χ1n) is 10.6. The normalized spacial score (nSPS) is 14.9. The van der Waals surface area contributed by atoms with Gasteiger partial charge in [0.25, 0.3) is 0 Å². The lowest BCUT2D eigenvalue weighted by Gasteiger charge is -2.10. The van der Waals surface area contributed by atoms with Crippen LogP contribution in [0.4, 0.5) is 11.5 Å². The molecule has 4 heterocycles. The Hall–Kier alpha value is -4.38. The number of H-pyrrole nitrogens is 2. The lowest BCUT2D eigenvalue weighted by Crippen LogP contribution is -2.20. The molecule has 4 N–H and O–H groups in total. The fourth-order valence-corrected chi connectivity index (χ4v) is 3.79. The number of benzene rings is 1. The molecule has 0 bridgehead atoms. The number of nitrogens with one attached hydrogen (secondary N) is 3. The van der Waals surface area contributed by atoms with Gasteiger partial charge in [-0.2, -0.15) is 14.7 Å². The fourth-order valence-electron chi connectivity index (χ4n) is 3.57. The molecule has 0 saturated heterocycles. The van der Waals surface area contributed by atoms with E-state index in [9.17, 15) is 9.90 Å². The average molecular weight is 476 g/mol. The molecule has 1 saturated carbocycles. The number of nitrogens with zero attached hydrogens (tertiary/aromatic N) is 6. The third-order valence-electron chi connectivity index (χ3n) is 5.36. The van der Waals surface area contributed by atoms with E-state index in [4.69, 9.17) is 21.6 Å². The summed E-state index contributed by atoms with van der Waals surface area (Å²) in [7, 11) is 0. The van der Waals surface area contributed by atoms with Crippen molar-refractivity contribution < 1.29 is 5.11 Å². The van der Waals surface area contributed by atoms with Crippen molar-refractivity contribution in [2.24, 2.45) is 4.99 Å². The highest BCUT2D eigenvalue weighted by Gasteiger charge is 2.20. The van der Waals surface area contributed by atoms with Gasteiger partial charge in [0.05, 0.1) is 28.6 Å². The molecule has 0 radical (unpaired) electrons. The van der Waals surface area contributed by atoms with E-state index in [1.165, 1.54) is 0 Å². The Morgan fingerprint density at radius 1 is 1.24 bits per heavy atom. The number of imidazole rings is 1. The van der Waals surface area contributed by atoms with Gasteiger partial charge in [0.15, 0.2) is 11.1 Å². The van der Waals surface area contributed by atoms with Crippen molar-refractivity contribution in [3.8, 4) is 11.6 Å². The van der Waals surface area contributed by atoms with Crippen LogP contribution in [0.5, 0.6) is 5.88 Å². The SMILES string of the molecule is O=c1[nH]c(O)c(/C=c2\cnn3c(=NC4CC4)cc(Nc4ccc(-n5cccn5)cc4Cl)nc23)[nH]1. The summed E-state index contributed by atoms with van der Waals surface area (Å²) < 4.78 is 3.36. The maximum atomic E-state index is 11.5. The molecule has 4 aromatic heterocycles. The zero-order chi connectivity index (χ0) is 23.2. The van der Waals surface area contributed by atoms with E-state index < -0.39 is 5.69 Å². The summed E-state index contributed by atoms with van der Waals surface area (Å²) in [6, 6.07) is 9.49. The Kier molecular flexibility index (Phi) is 4.69. The Bertz CT molecular complexity index is 1690. The summed E-state index contributed by atoms with van der Waals surface area (Å²) in [6.45, 7) is 0. The van der Waals surface area contributed by atoms with E-state index in [0.29, 0.717) is 32.9 Å². The molecule has 0 spiro atoms. The van der Waals surface area contributed by atoms with Crippen LogP contribution in [0.15, 0.2) is 58.7 Å². The van der Waals surface area contributed by atoms with E-state index >= 15 is 0 Å². The quantitative estimate of drug-likeness (QED) is 0.304. The molecule has 0 atom stereocenters. The first-order chi connectivity index (χ1) is 16.5.